The minimum Gasteiger partial charge on any atom is -0.493 e. The van der Waals surface area contributed by atoms with Crippen LogP contribution in [0.3, 0.4) is 0 Å². The Hall–Kier alpha value is -2.54. The maximum atomic E-state index is 6.24. The lowest BCUT2D eigenvalue weighted by Gasteiger charge is -2.22. The van der Waals surface area contributed by atoms with Crippen molar-refractivity contribution < 1.29 is 4.74 Å². The molecule has 0 aliphatic rings. The van der Waals surface area contributed by atoms with Crippen LogP contribution in [0.15, 0.2) is 84.9 Å². The molecule has 0 N–H and O–H groups in total. The predicted octanol–water partition coefficient (Wildman–Crippen LogP) is 7.22. The molecule has 3 aromatic carbocycles. The predicted molar refractivity (Wildman–Crippen MR) is 115 cm³/mol. The van der Waals surface area contributed by atoms with Gasteiger partial charge in [-0.3, -0.25) is 0 Å². The van der Waals surface area contributed by atoms with Crippen LogP contribution in [0.5, 0.6) is 5.75 Å². The minimum absolute atomic E-state index is 0.184. The van der Waals surface area contributed by atoms with E-state index in [4.69, 9.17) is 4.74 Å². The van der Waals surface area contributed by atoms with E-state index in [2.05, 4.69) is 91.9 Å². The summed E-state index contributed by atoms with van der Waals surface area (Å²) in [6.45, 7) is 3.04. The first kappa shape index (κ1) is 19.2. The number of hydrogen-bond acceptors (Lipinski definition) is 1. The molecular weight excluding hydrogens is 328 g/mol. The number of rotatable bonds is 10. The van der Waals surface area contributed by atoms with Crippen molar-refractivity contribution in [2.45, 2.75) is 44.9 Å². The summed E-state index contributed by atoms with van der Waals surface area (Å²) in [7, 11) is 0. The largest absolute Gasteiger partial charge is 0.493 e. The number of ether oxygens (including phenoxy) is 1. The summed E-state index contributed by atoms with van der Waals surface area (Å²) in [6, 6.07) is 29.9. The van der Waals surface area contributed by atoms with Gasteiger partial charge >= 0.3 is 0 Å². The second-order valence-electron chi connectivity index (χ2n) is 7.05. The molecule has 140 valence electrons. The third-order valence-electron chi connectivity index (χ3n) is 5.00. The van der Waals surface area contributed by atoms with Crippen molar-refractivity contribution in [2.75, 3.05) is 6.61 Å². The Morgan fingerprint density at radius 2 is 1.19 bits per heavy atom. The Labute approximate surface area is 164 Å². The number of hydrogen-bond donors (Lipinski definition) is 0. The first-order valence-electron chi connectivity index (χ1n) is 10.2. The van der Waals surface area contributed by atoms with Crippen molar-refractivity contribution in [3.05, 3.63) is 102 Å². The minimum atomic E-state index is 0.184. The standard InChI is InChI=1S/C26H30O/c1-2-3-4-5-14-21-27-25-20-13-12-19-24(25)26(22-15-8-6-9-16-22)23-17-10-7-11-18-23/h6-13,15-20,26H,2-5,14,21H2,1H3. The van der Waals surface area contributed by atoms with Crippen molar-refractivity contribution in [2.24, 2.45) is 0 Å². The van der Waals surface area contributed by atoms with Gasteiger partial charge in [0.05, 0.1) is 6.61 Å². The molecule has 0 spiro atoms. The van der Waals surface area contributed by atoms with Crippen LogP contribution < -0.4 is 4.74 Å². The molecule has 3 rings (SSSR count). The summed E-state index contributed by atoms with van der Waals surface area (Å²) < 4.78 is 6.24. The molecule has 27 heavy (non-hydrogen) atoms. The summed E-state index contributed by atoms with van der Waals surface area (Å²) in [5.74, 6) is 1.19. The van der Waals surface area contributed by atoms with Crippen LogP contribution in [0.4, 0.5) is 0 Å². The van der Waals surface area contributed by atoms with Gasteiger partial charge < -0.3 is 4.74 Å². The number of unbranched alkanes of at least 4 members (excludes halogenated alkanes) is 4. The molecular formula is C26H30O. The lowest BCUT2D eigenvalue weighted by molar-refractivity contribution is 0.301. The van der Waals surface area contributed by atoms with Gasteiger partial charge in [0, 0.05) is 11.5 Å². The molecule has 0 unspecified atom stereocenters. The van der Waals surface area contributed by atoms with Crippen molar-refractivity contribution >= 4 is 0 Å². The van der Waals surface area contributed by atoms with Crippen LogP contribution in [0.1, 0.15) is 61.6 Å². The van der Waals surface area contributed by atoms with Crippen LogP contribution >= 0.6 is 0 Å². The van der Waals surface area contributed by atoms with E-state index in [1.165, 1.54) is 42.4 Å². The molecule has 0 saturated carbocycles. The number of para-hydroxylation sites is 1. The Morgan fingerprint density at radius 1 is 0.630 bits per heavy atom. The van der Waals surface area contributed by atoms with Crippen LogP contribution in [0.25, 0.3) is 0 Å². The van der Waals surface area contributed by atoms with Crippen LogP contribution in [0, 0.1) is 0 Å². The van der Waals surface area contributed by atoms with E-state index in [9.17, 15) is 0 Å². The van der Waals surface area contributed by atoms with Gasteiger partial charge in [-0.2, -0.15) is 0 Å². The Morgan fingerprint density at radius 3 is 1.81 bits per heavy atom. The van der Waals surface area contributed by atoms with Gasteiger partial charge in [-0.25, -0.2) is 0 Å². The average molecular weight is 359 g/mol. The maximum absolute atomic E-state index is 6.24. The molecule has 0 amide bonds. The molecule has 1 nitrogen and oxygen atoms in total. The molecule has 0 fully saturated rings. The van der Waals surface area contributed by atoms with Crippen molar-refractivity contribution in [1.82, 2.24) is 0 Å². The third-order valence-corrected chi connectivity index (χ3v) is 5.00. The average Bonchev–Trinajstić information content (AvgIpc) is 2.73. The quantitative estimate of drug-likeness (QED) is 0.275. The molecule has 0 radical (unpaired) electrons. The fourth-order valence-corrected chi connectivity index (χ4v) is 3.58. The van der Waals surface area contributed by atoms with Crippen LogP contribution in [0.2, 0.25) is 0 Å². The molecule has 0 bridgehead atoms. The molecule has 0 atom stereocenters. The van der Waals surface area contributed by atoms with E-state index in [0.29, 0.717) is 0 Å². The zero-order valence-electron chi connectivity index (χ0n) is 16.3. The summed E-state index contributed by atoms with van der Waals surface area (Å²) >= 11 is 0. The molecule has 0 aromatic heterocycles. The normalized spacial score (nSPS) is 10.9. The van der Waals surface area contributed by atoms with Gasteiger partial charge in [0.25, 0.3) is 0 Å². The molecule has 0 aliphatic carbocycles. The molecule has 0 aliphatic heterocycles. The van der Waals surface area contributed by atoms with Gasteiger partial charge in [0.15, 0.2) is 0 Å². The second kappa shape index (κ2) is 10.6. The highest BCUT2D eigenvalue weighted by Crippen LogP contribution is 2.37. The summed E-state index contributed by atoms with van der Waals surface area (Å²) in [6.07, 6.45) is 6.27. The fourth-order valence-electron chi connectivity index (χ4n) is 3.58. The van der Waals surface area contributed by atoms with Crippen molar-refractivity contribution in [3.63, 3.8) is 0 Å². The molecule has 0 saturated heterocycles. The van der Waals surface area contributed by atoms with Gasteiger partial charge in [-0.15, -0.1) is 0 Å². The monoisotopic (exact) mass is 358 g/mol. The van der Waals surface area contributed by atoms with Crippen LogP contribution in [-0.4, -0.2) is 6.61 Å². The zero-order chi connectivity index (χ0) is 18.7. The van der Waals surface area contributed by atoms with Crippen molar-refractivity contribution in [1.29, 1.82) is 0 Å². The van der Waals surface area contributed by atoms with E-state index in [1.807, 2.05) is 0 Å². The van der Waals surface area contributed by atoms with Gasteiger partial charge in [-0.1, -0.05) is 111 Å². The SMILES string of the molecule is CCCCCCCOc1ccccc1C(c1ccccc1)c1ccccc1. The first-order valence-corrected chi connectivity index (χ1v) is 10.2. The zero-order valence-corrected chi connectivity index (χ0v) is 16.3. The smallest absolute Gasteiger partial charge is 0.123 e. The summed E-state index contributed by atoms with van der Waals surface area (Å²) in [4.78, 5) is 0. The Bertz CT molecular complexity index is 740. The maximum Gasteiger partial charge on any atom is 0.123 e. The van der Waals surface area contributed by atoms with Gasteiger partial charge in [0.1, 0.15) is 5.75 Å². The summed E-state index contributed by atoms with van der Waals surface area (Å²) in [5, 5.41) is 0. The highest BCUT2D eigenvalue weighted by molar-refractivity contribution is 5.48. The molecule has 1 heteroatoms. The molecule has 3 aromatic rings. The fraction of sp³-hybridized carbons (Fsp3) is 0.308. The summed E-state index contributed by atoms with van der Waals surface area (Å²) in [5.41, 5.74) is 3.83. The second-order valence-corrected chi connectivity index (χ2v) is 7.05. The number of benzene rings is 3. The lowest BCUT2D eigenvalue weighted by Crippen LogP contribution is -2.07. The lowest BCUT2D eigenvalue weighted by atomic mass is 9.85. The third kappa shape index (κ3) is 5.47. The van der Waals surface area contributed by atoms with E-state index in [1.54, 1.807) is 0 Å². The molecule has 0 heterocycles. The highest BCUT2D eigenvalue weighted by atomic mass is 16.5. The van der Waals surface area contributed by atoms with Crippen molar-refractivity contribution in [3.8, 4) is 5.75 Å². The van der Waals surface area contributed by atoms with E-state index in [-0.39, 0.29) is 5.92 Å². The van der Waals surface area contributed by atoms with Gasteiger partial charge in [-0.05, 0) is 23.6 Å². The van der Waals surface area contributed by atoms with Crippen LogP contribution in [-0.2, 0) is 0 Å². The highest BCUT2D eigenvalue weighted by Gasteiger charge is 2.20. The van der Waals surface area contributed by atoms with E-state index in [0.717, 1.165) is 18.8 Å². The van der Waals surface area contributed by atoms with E-state index >= 15 is 0 Å². The first-order chi connectivity index (χ1) is 13.4. The topological polar surface area (TPSA) is 9.23 Å². The Kier molecular flexibility index (Phi) is 7.53. The van der Waals surface area contributed by atoms with E-state index < -0.39 is 0 Å². The Balaban J connectivity index is 1.83. The van der Waals surface area contributed by atoms with Gasteiger partial charge in [0.2, 0.25) is 0 Å².